The summed E-state index contributed by atoms with van der Waals surface area (Å²) in [6, 6.07) is 13.9. The number of amides is 1. The molecular formula is C18H15N3O3S. The van der Waals surface area contributed by atoms with E-state index >= 15 is 0 Å². The minimum Gasteiger partial charge on any atom is -0.297 e. The third-order valence-corrected chi connectivity index (χ3v) is 4.44. The molecule has 1 aromatic heterocycles. The number of carbonyl (C=O) groups is 2. The first-order chi connectivity index (χ1) is 11.9. The van der Waals surface area contributed by atoms with Crippen molar-refractivity contribution in [3.63, 3.8) is 0 Å². The molecule has 1 N–H and O–H groups in total. The maximum atomic E-state index is 12.4. The van der Waals surface area contributed by atoms with Gasteiger partial charge in [0, 0.05) is 11.1 Å². The minimum atomic E-state index is -0.713. The molecule has 0 atom stereocenters. The van der Waals surface area contributed by atoms with E-state index in [-0.39, 0.29) is 11.0 Å². The number of benzene rings is 2. The summed E-state index contributed by atoms with van der Waals surface area (Å²) in [4.78, 5) is 40.3. The molecule has 7 heteroatoms. The van der Waals surface area contributed by atoms with Gasteiger partial charge in [0.15, 0.2) is 0 Å². The second-order valence-electron chi connectivity index (χ2n) is 5.58. The van der Waals surface area contributed by atoms with Crippen molar-refractivity contribution in [2.24, 2.45) is 0 Å². The summed E-state index contributed by atoms with van der Waals surface area (Å²) >= 11 is 0.804. The number of nitrogens with zero attached hydrogens (tertiary/aromatic N) is 2. The Morgan fingerprint density at radius 1 is 0.920 bits per heavy atom. The van der Waals surface area contributed by atoms with Crippen LogP contribution < -0.4 is 11.0 Å². The van der Waals surface area contributed by atoms with Crippen LogP contribution in [0.5, 0.6) is 0 Å². The number of aryl methyl sites for hydroxylation is 2. The average Bonchev–Trinajstić information content (AvgIpc) is 2.95. The molecule has 0 unspecified atom stereocenters. The zero-order chi connectivity index (χ0) is 18.0. The topological polar surface area (TPSA) is 81.1 Å². The van der Waals surface area contributed by atoms with Crippen molar-refractivity contribution in [3.05, 3.63) is 81.3 Å². The number of rotatable bonds is 3. The second kappa shape index (κ2) is 6.82. The first-order valence-corrected chi connectivity index (χ1v) is 8.31. The predicted octanol–water partition coefficient (Wildman–Crippen LogP) is 2.86. The number of anilines is 1. The maximum Gasteiger partial charge on any atom is 0.367 e. The summed E-state index contributed by atoms with van der Waals surface area (Å²) in [7, 11) is 0. The molecule has 0 fully saturated rings. The monoisotopic (exact) mass is 353 g/mol. The van der Waals surface area contributed by atoms with E-state index in [9.17, 15) is 14.4 Å². The molecule has 0 saturated carbocycles. The molecule has 0 radical (unpaired) electrons. The molecular weight excluding hydrogens is 338 g/mol. The van der Waals surface area contributed by atoms with Gasteiger partial charge in [0.2, 0.25) is 5.13 Å². The number of aromatic nitrogens is 2. The van der Waals surface area contributed by atoms with Gasteiger partial charge in [-0.2, -0.15) is 8.94 Å². The van der Waals surface area contributed by atoms with Crippen molar-refractivity contribution in [2.75, 3.05) is 5.32 Å². The van der Waals surface area contributed by atoms with Gasteiger partial charge in [-0.05, 0) is 49.6 Å². The summed E-state index contributed by atoms with van der Waals surface area (Å²) in [5.41, 5.74) is 2.17. The first-order valence-electron chi connectivity index (χ1n) is 7.54. The molecule has 126 valence electrons. The lowest BCUT2D eigenvalue weighted by Gasteiger charge is -2.02. The fourth-order valence-electron chi connectivity index (χ4n) is 2.14. The molecule has 3 aromatic rings. The van der Waals surface area contributed by atoms with E-state index in [4.69, 9.17) is 0 Å². The third kappa shape index (κ3) is 3.72. The highest BCUT2D eigenvalue weighted by molar-refractivity contribution is 7.11. The summed E-state index contributed by atoms with van der Waals surface area (Å²) < 4.78 is 0.926. The molecule has 0 bridgehead atoms. The van der Waals surface area contributed by atoms with E-state index in [1.165, 1.54) is 0 Å². The maximum absolute atomic E-state index is 12.4. The Morgan fingerprint density at radius 2 is 1.44 bits per heavy atom. The quantitative estimate of drug-likeness (QED) is 0.785. The Bertz CT molecular complexity index is 986. The lowest BCUT2D eigenvalue weighted by Crippen LogP contribution is -2.23. The van der Waals surface area contributed by atoms with Crippen LogP contribution in [0.15, 0.2) is 53.3 Å². The molecule has 6 nitrogen and oxygen atoms in total. The molecule has 25 heavy (non-hydrogen) atoms. The molecule has 1 amide bonds. The largest absolute Gasteiger partial charge is 0.367 e. The molecule has 2 aromatic carbocycles. The van der Waals surface area contributed by atoms with E-state index in [2.05, 4.69) is 10.3 Å². The van der Waals surface area contributed by atoms with E-state index < -0.39 is 11.6 Å². The number of carbonyl (C=O) groups excluding carboxylic acids is 2. The lowest BCUT2D eigenvalue weighted by atomic mass is 10.1. The second-order valence-corrected chi connectivity index (χ2v) is 6.51. The normalized spacial score (nSPS) is 10.5. The van der Waals surface area contributed by atoms with Gasteiger partial charge in [-0.1, -0.05) is 35.4 Å². The fraction of sp³-hybridized carbons (Fsp3) is 0.111. The van der Waals surface area contributed by atoms with Gasteiger partial charge >= 0.3 is 5.69 Å². The summed E-state index contributed by atoms with van der Waals surface area (Å²) in [6.07, 6.45) is 0. The van der Waals surface area contributed by atoms with E-state index in [1.54, 1.807) is 36.4 Å². The van der Waals surface area contributed by atoms with Gasteiger partial charge in [0.1, 0.15) is 0 Å². The molecule has 0 saturated heterocycles. The highest BCUT2D eigenvalue weighted by Crippen LogP contribution is 2.14. The van der Waals surface area contributed by atoms with Crippen LogP contribution in [-0.4, -0.2) is 20.8 Å². The van der Waals surface area contributed by atoms with Crippen molar-refractivity contribution >= 4 is 28.5 Å². The Hall–Kier alpha value is -3.06. The van der Waals surface area contributed by atoms with Crippen LogP contribution in [0.25, 0.3) is 0 Å². The van der Waals surface area contributed by atoms with Crippen molar-refractivity contribution in [1.82, 2.24) is 8.94 Å². The molecule has 3 rings (SSSR count). The molecule has 0 spiro atoms. The van der Waals surface area contributed by atoms with E-state index in [0.717, 1.165) is 26.6 Å². The van der Waals surface area contributed by atoms with Crippen LogP contribution in [0.1, 0.15) is 31.8 Å². The highest BCUT2D eigenvalue weighted by Gasteiger charge is 2.17. The minimum absolute atomic E-state index is 0.0797. The van der Waals surface area contributed by atoms with Crippen LogP contribution in [0, 0.1) is 13.8 Å². The molecule has 0 aliphatic carbocycles. The standard InChI is InChI=1S/C18H15N3O3S/c1-11-3-7-13(8-4-11)15(22)19-17-20-18(24)21(25-17)16(23)14-9-5-12(2)6-10-14/h3-10H,1-2H3,(H,19,20,22,24). The fourth-order valence-corrected chi connectivity index (χ4v) is 2.88. The number of nitrogens with one attached hydrogen (secondary N) is 1. The van der Waals surface area contributed by atoms with Gasteiger partial charge in [0.25, 0.3) is 11.8 Å². The molecule has 0 aliphatic rings. The van der Waals surface area contributed by atoms with Crippen LogP contribution >= 0.6 is 11.5 Å². The lowest BCUT2D eigenvalue weighted by molar-refractivity contribution is 0.0966. The van der Waals surface area contributed by atoms with Gasteiger partial charge in [-0.15, -0.1) is 0 Å². The Labute approximate surface area is 147 Å². The third-order valence-electron chi connectivity index (χ3n) is 3.57. The summed E-state index contributed by atoms with van der Waals surface area (Å²) in [6.45, 7) is 3.83. The Kier molecular flexibility index (Phi) is 4.58. The predicted molar refractivity (Wildman–Crippen MR) is 96.4 cm³/mol. The van der Waals surface area contributed by atoms with Gasteiger partial charge < -0.3 is 0 Å². The summed E-state index contributed by atoms with van der Waals surface area (Å²) in [5.74, 6) is -0.859. The van der Waals surface area contributed by atoms with Gasteiger partial charge in [0.05, 0.1) is 0 Å². The van der Waals surface area contributed by atoms with E-state index in [0.29, 0.717) is 11.1 Å². The van der Waals surface area contributed by atoms with Crippen molar-refractivity contribution in [2.45, 2.75) is 13.8 Å². The number of hydrogen-bond acceptors (Lipinski definition) is 5. The Morgan fingerprint density at radius 3 is 2.00 bits per heavy atom. The van der Waals surface area contributed by atoms with Crippen molar-refractivity contribution in [3.8, 4) is 0 Å². The molecule has 1 heterocycles. The number of hydrogen-bond donors (Lipinski definition) is 1. The smallest absolute Gasteiger partial charge is 0.297 e. The average molecular weight is 353 g/mol. The highest BCUT2D eigenvalue weighted by atomic mass is 32.1. The van der Waals surface area contributed by atoms with Crippen LogP contribution in [-0.2, 0) is 0 Å². The van der Waals surface area contributed by atoms with Crippen LogP contribution in [0.3, 0.4) is 0 Å². The van der Waals surface area contributed by atoms with Crippen LogP contribution in [0.2, 0.25) is 0 Å². The van der Waals surface area contributed by atoms with Gasteiger partial charge in [-0.25, -0.2) is 4.79 Å². The van der Waals surface area contributed by atoms with Gasteiger partial charge in [-0.3, -0.25) is 14.9 Å². The zero-order valence-electron chi connectivity index (χ0n) is 13.6. The van der Waals surface area contributed by atoms with Crippen LogP contribution in [0.4, 0.5) is 5.13 Å². The van der Waals surface area contributed by atoms with Crippen molar-refractivity contribution in [1.29, 1.82) is 0 Å². The summed E-state index contributed by atoms with van der Waals surface area (Å²) in [5, 5.41) is 2.63. The van der Waals surface area contributed by atoms with Crippen molar-refractivity contribution < 1.29 is 9.59 Å². The molecule has 0 aliphatic heterocycles. The zero-order valence-corrected chi connectivity index (χ0v) is 14.5. The SMILES string of the molecule is Cc1ccc(C(=O)Nc2nc(=O)n(C(=O)c3ccc(C)cc3)s2)cc1. The first kappa shape index (κ1) is 16.8. The Balaban J connectivity index is 1.81. The van der Waals surface area contributed by atoms with E-state index in [1.807, 2.05) is 26.0 Å².